The second-order valence-electron chi connectivity index (χ2n) is 8.30. The Morgan fingerprint density at radius 3 is 2.69 bits per heavy atom. The Kier molecular flexibility index (Phi) is 8.22. The largest absolute Gasteiger partial charge is 0.388 e. The molecule has 184 valence electrons. The maximum atomic E-state index is 12.9. The fraction of sp³-hybridized carbons (Fsp3) is 0.320. The third-order valence-corrected chi connectivity index (χ3v) is 7.01. The summed E-state index contributed by atoms with van der Waals surface area (Å²) < 4.78 is -1.79. The molecule has 2 N–H and O–H groups in total. The highest BCUT2D eigenvalue weighted by Crippen LogP contribution is 2.35. The van der Waals surface area contributed by atoms with Gasteiger partial charge < -0.3 is 20.4 Å². The second kappa shape index (κ2) is 11.2. The van der Waals surface area contributed by atoms with Crippen molar-refractivity contribution in [1.29, 1.82) is 0 Å². The molecule has 1 saturated heterocycles. The van der Waals surface area contributed by atoms with Crippen LogP contribution in [0, 0.1) is 0 Å². The number of anilines is 2. The van der Waals surface area contributed by atoms with E-state index in [-0.39, 0.29) is 12.3 Å². The summed E-state index contributed by atoms with van der Waals surface area (Å²) in [4.78, 5) is 21.2. The van der Waals surface area contributed by atoms with Crippen molar-refractivity contribution in [1.82, 2.24) is 15.2 Å². The number of carbonyl (C=O) groups is 1. The van der Waals surface area contributed by atoms with Crippen LogP contribution >= 0.6 is 47.0 Å². The minimum absolute atomic E-state index is 0.220. The normalized spacial score (nSPS) is 15.3. The first-order valence-electron chi connectivity index (χ1n) is 11.3. The van der Waals surface area contributed by atoms with Crippen LogP contribution in [0.5, 0.6) is 0 Å². The monoisotopic (exact) mass is 549 g/mol. The molecule has 1 atom stereocenters. The van der Waals surface area contributed by atoms with Crippen LogP contribution in [0.25, 0.3) is 10.9 Å². The van der Waals surface area contributed by atoms with Gasteiger partial charge in [-0.3, -0.25) is 9.78 Å². The van der Waals surface area contributed by atoms with Gasteiger partial charge in [0.05, 0.1) is 11.2 Å². The van der Waals surface area contributed by atoms with Crippen LogP contribution in [0.1, 0.15) is 18.4 Å². The average Bonchev–Trinajstić information content (AvgIpc) is 2.85. The fourth-order valence-corrected chi connectivity index (χ4v) is 5.12. The first-order valence-corrected chi connectivity index (χ1v) is 12.9. The summed E-state index contributed by atoms with van der Waals surface area (Å²) in [5.41, 5.74) is 3.76. The smallest absolute Gasteiger partial charge is 0.228 e. The van der Waals surface area contributed by atoms with Crippen molar-refractivity contribution in [2.24, 2.45) is 0 Å². The van der Waals surface area contributed by atoms with Gasteiger partial charge in [-0.05, 0) is 54.9 Å². The van der Waals surface area contributed by atoms with Gasteiger partial charge in [0.1, 0.15) is 0 Å². The zero-order valence-electron chi connectivity index (χ0n) is 19.2. The molecule has 1 aliphatic rings. The van der Waals surface area contributed by atoms with Crippen LogP contribution in [0.3, 0.4) is 0 Å². The lowest BCUT2D eigenvalue weighted by Crippen LogP contribution is -2.62. The van der Waals surface area contributed by atoms with E-state index in [1.807, 2.05) is 66.5 Å². The highest BCUT2D eigenvalue weighted by atomic mass is 35.6. The Bertz CT molecular complexity index is 1210. The Morgan fingerprint density at radius 2 is 1.91 bits per heavy atom. The number of para-hydroxylation sites is 1. The number of amides is 1. The number of thiocarbonyl (C=S) groups is 1. The Morgan fingerprint density at radius 1 is 1.14 bits per heavy atom. The van der Waals surface area contributed by atoms with Crippen molar-refractivity contribution >= 4 is 80.3 Å². The number of nitrogens with zero attached hydrogens (tertiary/aromatic N) is 3. The summed E-state index contributed by atoms with van der Waals surface area (Å²) in [7, 11) is 1.86. The van der Waals surface area contributed by atoms with Gasteiger partial charge in [0, 0.05) is 43.8 Å². The molecule has 0 radical (unpaired) electrons. The van der Waals surface area contributed by atoms with Gasteiger partial charge in [0.25, 0.3) is 0 Å². The quantitative estimate of drug-likeness (QED) is 0.298. The third-order valence-electron chi connectivity index (χ3n) is 5.94. The summed E-state index contributed by atoms with van der Waals surface area (Å²) in [6.07, 6.45) is 2.43. The van der Waals surface area contributed by atoms with Gasteiger partial charge in [-0.25, -0.2) is 0 Å². The number of halogens is 3. The minimum atomic E-state index is -1.79. The number of alkyl halides is 3. The lowest BCUT2D eigenvalue weighted by Gasteiger charge is -2.44. The lowest BCUT2D eigenvalue weighted by molar-refractivity contribution is -0.122. The standard InChI is InChI=1S/C25H26Cl3N5OS/c1-29-19-9-2-6-17(16-19)11-12-21(34)31-23(25(26,27)28)33-15-5-14-32(24(33)35)20-10-3-7-18-8-4-13-30-22(18)20/h2-4,6-10,13,16,23,29H,5,11-12,14-15H2,1H3,(H,31,34). The van der Waals surface area contributed by atoms with Crippen LogP contribution in [-0.4, -0.2) is 51.0 Å². The molecule has 4 rings (SSSR count). The second-order valence-corrected chi connectivity index (χ2v) is 11.0. The van der Waals surface area contributed by atoms with E-state index >= 15 is 0 Å². The topological polar surface area (TPSA) is 60.5 Å². The summed E-state index contributed by atoms with van der Waals surface area (Å²) >= 11 is 24.9. The molecule has 3 aromatic rings. The fourth-order valence-electron chi connectivity index (χ4n) is 4.22. The molecule has 1 amide bonds. The first kappa shape index (κ1) is 25.8. The van der Waals surface area contributed by atoms with E-state index in [0.717, 1.165) is 34.3 Å². The minimum Gasteiger partial charge on any atom is -0.388 e. The highest BCUT2D eigenvalue weighted by Gasteiger charge is 2.42. The number of aromatic nitrogens is 1. The van der Waals surface area contributed by atoms with Gasteiger partial charge >= 0.3 is 0 Å². The molecule has 1 unspecified atom stereocenters. The number of hydrogen-bond donors (Lipinski definition) is 2. The molecule has 0 spiro atoms. The van der Waals surface area contributed by atoms with Gasteiger partial charge in [-0.2, -0.15) is 0 Å². The summed E-state index contributed by atoms with van der Waals surface area (Å²) in [6, 6.07) is 17.8. The van der Waals surface area contributed by atoms with E-state index in [2.05, 4.69) is 15.6 Å². The maximum Gasteiger partial charge on any atom is 0.228 e. The van der Waals surface area contributed by atoms with E-state index < -0.39 is 9.96 Å². The van der Waals surface area contributed by atoms with E-state index in [0.29, 0.717) is 24.6 Å². The molecule has 35 heavy (non-hydrogen) atoms. The van der Waals surface area contributed by atoms with E-state index in [1.54, 1.807) is 11.1 Å². The number of rotatable bonds is 7. The van der Waals surface area contributed by atoms with Crippen LogP contribution in [0.15, 0.2) is 60.8 Å². The number of nitrogens with one attached hydrogen (secondary N) is 2. The summed E-state index contributed by atoms with van der Waals surface area (Å²) in [6.45, 7) is 1.25. The van der Waals surface area contributed by atoms with Gasteiger partial charge in [0.15, 0.2) is 11.3 Å². The van der Waals surface area contributed by atoms with E-state index in [9.17, 15) is 4.79 Å². The van der Waals surface area contributed by atoms with Crippen LogP contribution < -0.4 is 15.5 Å². The van der Waals surface area contributed by atoms with Gasteiger partial charge in [-0.15, -0.1) is 0 Å². The van der Waals surface area contributed by atoms with E-state index in [4.69, 9.17) is 47.0 Å². The first-order chi connectivity index (χ1) is 16.8. The van der Waals surface area contributed by atoms with Crippen LogP contribution in [0.4, 0.5) is 11.4 Å². The molecular weight excluding hydrogens is 525 g/mol. The zero-order chi connectivity index (χ0) is 25.0. The molecule has 6 nitrogen and oxygen atoms in total. The number of fused-ring (bicyclic) bond motifs is 1. The third kappa shape index (κ3) is 6.09. The molecule has 10 heteroatoms. The molecule has 0 aliphatic carbocycles. The predicted molar refractivity (Wildman–Crippen MR) is 150 cm³/mol. The van der Waals surface area contributed by atoms with Gasteiger partial charge in [-0.1, -0.05) is 65.1 Å². The van der Waals surface area contributed by atoms with Crippen molar-refractivity contribution < 1.29 is 4.79 Å². The highest BCUT2D eigenvalue weighted by molar-refractivity contribution is 7.80. The molecule has 1 aromatic heterocycles. The Hall–Kier alpha value is -2.32. The Balaban J connectivity index is 1.51. The van der Waals surface area contributed by atoms with Crippen molar-refractivity contribution in [2.75, 3.05) is 30.4 Å². The molecule has 1 aliphatic heterocycles. The number of pyridine rings is 1. The number of hydrogen-bond acceptors (Lipinski definition) is 4. The molecule has 0 bridgehead atoms. The Labute approximate surface area is 225 Å². The molecule has 2 heterocycles. The summed E-state index contributed by atoms with van der Waals surface area (Å²) in [5, 5.41) is 7.50. The molecule has 0 saturated carbocycles. The summed E-state index contributed by atoms with van der Waals surface area (Å²) in [5.74, 6) is -0.220. The number of benzene rings is 2. The van der Waals surface area contributed by atoms with Crippen LogP contribution in [-0.2, 0) is 11.2 Å². The van der Waals surface area contributed by atoms with Crippen molar-refractivity contribution in [3.63, 3.8) is 0 Å². The average molecular weight is 551 g/mol. The molecule has 1 fully saturated rings. The zero-order valence-corrected chi connectivity index (χ0v) is 22.3. The van der Waals surface area contributed by atoms with E-state index in [1.165, 1.54) is 0 Å². The lowest BCUT2D eigenvalue weighted by atomic mass is 10.1. The molecule has 2 aromatic carbocycles. The van der Waals surface area contributed by atoms with Crippen molar-refractivity contribution in [2.45, 2.75) is 29.2 Å². The van der Waals surface area contributed by atoms with Crippen molar-refractivity contribution in [3.05, 3.63) is 66.4 Å². The SMILES string of the molecule is CNc1cccc(CCC(=O)NC(N2CCCN(c3cccc4cccnc34)C2=S)C(Cl)(Cl)Cl)c1. The molecular formula is C25H26Cl3N5OS. The number of carbonyl (C=O) groups excluding carboxylic acids is 1. The van der Waals surface area contributed by atoms with Crippen LogP contribution in [0.2, 0.25) is 0 Å². The predicted octanol–water partition coefficient (Wildman–Crippen LogP) is 5.52. The maximum absolute atomic E-state index is 12.9. The van der Waals surface area contributed by atoms with Crippen molar-refractivity contribution in [3.8, 4) is 0 Å². The van der Waals surface area contributed by atoms with Gasteiger partial charge in [0.2, 0.25) is 9.70 Å². The number of aryl methyl sites for hydroxylation is 1.